The fraction of sp³-hybridized carbons (Fsp3) is 0.286. The molecule has 0 radical (unpaired) electrons. The maximum Gasteiger partial charge on any atom is 0.247 e. The fourth-order valence-electron chi connectivity index (χ4n) is 3.98. The average Bonchev–Trinajstić information content (AvgIpc) is 3.28. The standard InChI is InChI=1S/C28H31N5O3/c1-4-28(2,3)29-27(36)26(21-14-16-22(34)17-15-21)32(18-20-10-6-5-7-11-20)25(35)19-33-24-13-9-8-12-23(24)30-31-33/h5-17,26,34H,4,18-19H2,1-3H3,(H,29,36)/t26-/m1/s1. The van der Waals surface area contributed by atoms with Crippen molar-refractivity contribution in [2.24, 2.45) is 0 Å². The van der Waals surface area contributed by atoms with Gasteiger partial charge < -0.3 is 15.3 Å². The van der Waals surface area contributed by atoms with Crippen LogP contribution in [0.3, 0.4) is 0 Å². The Labute approximate surface area is 210 Å². The summed E-state index contributed by atoms with van der Waals surface area (Å²) in [6, 6.07) is 22.5. The lowest BCUT2D eigenvalue weighted by atomic mass is 9.98. The van der Waals surface area contributed by atoms with Gasteiger partial charge in [-0.25, -0.2) is 4.68 Å². The van der Waals surface area contributed by atoms with E-state index in [4.69, 9.17) is 0 Å². The molecule has 186 valence electrons. The lowest BCUT2D eigenvalue weighted by Crippen LogP contribution is -2.50. The summed E-state index contributed by atoms with van der Waals surface area (Å²) in [5.41, 5.74) is 2.46. The van der Waals surface area contributed by atoms with Gasteiger partial charge in [-0.05, 0) is 55.7 Å². The quantitative estimate of drug-likeness (QED) is 0.370. The molecule has 0 aliphatic carbocycles. The van der Waals surface area contributed by atoms with Gasteiger partial charge in [0.05, 0.1) is 5.52 Å². The molecular weight excluding hydrogens is 454 g/mol. The molecule has 0 saturated heterocycles. The second-order valence-electron chi connectivity index (χ2n) is 9.46. The molecule has 4 rings (SSSR count). The molecule has 2 amide bonds. The minimum absolute atomic E-state index is 0.0770. The van der Waals surface area contributed by atoms with Crippen molar-refractivity contribution in [1.29, 1.82) is 0 Å². The van der Waals surface area contributed by atoms with Crippen molar-refractivity contribution in [1.82, 2.24) is 25.2 Å². The Morgan fingerprint density at radius 3 is 2.36 bits per heavy atom. The molecule has 0 spiro atoms. The predicted molar refractivity (Wildman–Crippen MR) is 138 cm³/mol. The third-order valence-electron chi connectivity index (χ3n) is 6.34. The minimum atomic E-state index is -0.918. The van der Waals surface area contributed by atoms with E-state index in [2.05, 4.69) is 15.6 Å². The molecule has 1 aromatic heterocycles. The van der Waals surface area contributed by atoms with Crippen molar-refractivity contribution in [2.45, 2.75) is 51.9 Å². The topological polar surface area (TPSA) is 100 Å². The van der Waals surface area contributed by atoms with Gasteiger partial charge in [0.2, 0.25) is 11.8 Å². The molecule has 1 heterocycles. The first-order valence-corrected chi connectivity index (χ1v) is 12.0. The van der Waals surface area contributed by atoms with Gasteiger partial charge in [0.25, 0.3) is 0 Å². The number of carbonyl (C=O) groups excluding carboxylic acids is 2. The molecule has 0 aliphatic rings. The SMILES string of the molecule is CCC(C)(C)NC(=O)[C@@H](c1ccc(O)cc1)N(Cc1ccccc1)C(=O)Cn1nnc2ccccc21. The highest BCUT2D eigenvalue weighted by Gasteiger charge is 2.34. The number of rotatable bonds is 9. The number of hydrogen-bond acceptors (Lipinski definition) is 5. The zero-order chi connectivity index (χ0) is 25.7. The average molecular weight is 486 g/mol. The number of nitrogens with zero attached hydrogens (tertiary/aromatic N) is 4. The van der Waals surface area contributed by atoms with Crippen LogP contribution in [0.4, 0.5) is 0 Å². The summed E-state index contributed by atoms with van der Waals surface area (Å²) in [5, 5.41) is 21.3. The molecular formula is C28H31N5O3. The lowest BCUT2D eigenvalue weighted by Gasteiger charge is -2.34. The van der Waals surface area contributed by atoms with E-state index in [9.17, 15) is 14.7 Å². The second kappa shape index (κ2) is 10.6. The zero-order valence-electron chi connectivity index (χ0n) is 20.8. The van der Waals surface area contributed by atoms with Gasteiger partial charge >= 0.3 is 0 Å². The first kappa shape index (κ1) is 24.9. The number of fused-ring (bicyclic) bond motifs is 1. The summed E-state index contributed by atoms with van der Waals surface area (Å²) in [6.45, 7) is 6.04. The monoisotopic (exact) mass is 485 g/mol. The summed E-state index contributed by atoms with van der Waals surface area (Å²) in [4.78, 5) is 29.2. The van der Waals surface area contributed by atoms with E-state index in [1.165, 1.54) is 12.1 Å². The van der Waals surface area contributed by atoms with Crippen LogP contribution in [0.25, 0.3) is 11.0 Å². The maximum atomic E-state index is 13.9. The molecule has 2 N–H and O–H groups in total. The number of phenols is 1. The second-order valence-corrected chi connectivity index (χ2v) is 9.46. The predicted octanol–water partition coefficient (Wildman–Crippen LogP) is 4.21. The summed E-state index contributed by atoms with van der Waals surface area (Å²) in [5.74, 6) is -0.487. The molecule has 0 bridgehead atoms. The molecule has 36 heavy (non-hydrogen) atoms. The van der Waals surface area contributed by atoms with E-state index in [0.29, 0.717) is 11.1 Å². The van der Waals surface area contributed by atoms with Gasteiger partial charge in [0.15, 0.2) is 0 Å². The van der Waals surface area contributed by atoms with Crippen molar-refractivity contribution >= 4 is 22.8 Å². The van der Waals surface area contributed by atoms with Crippen molar-refractivity contribution in [3.63, 3.8) is 0 Å². The maximum absolute atomic E-state index is 13.9. The Morgan fingerprint density at radius 1 is 1.00 bits per heavy atom. The van der Waals surface area contributed by atoms with E-state index in [0.717, 1.165) is 17.5 Å². The number of aromatic nitrogens is 3. The van der Waals surface area contributed by atoms with Gasteiger partial charge in [0.1, 0.15) is 23.9 Å². The molecule has 0 aliphatic heterocycles. The Morgan fingerprint density at radius 2 is 1.67 bits per heavy atom. The Hall–Kier alpha value is -4.20. The highest BCUT2D eigenvalue weighted by molar-refractivity contribution is 5.89. The summed E-state index contributed by atoms with van der Waals surface area (Å²) in [7, 11) is 0. The number of carbonyl (C=O) groups is 2. The van der Waals surface area contributed by atoms with Crippen molar-refractivity contribution in [3.05, 3.63) is 90.0 Å². The Bertz CT molecular complexity index is 1330. The lowest BCUT2D eigenvalue weighted by molar-refractivity contribution is -0.143. The van der Waals surface area contributed by atoms with E-state index < -0.39 is 11.6 Å². The van der Waals surface area contributed by atoms with Crippen molar-refractivity contribution < 1.29 is 14.7 Å². The number of benzene rings is 3. The van der Waals surface area contributed by atoms with E-state index >= 15 is 0 Å². The van der Waals surface area contributed by atoms with Crippen LogP contribution in [-0.4, -0.2) is 42.4 Å². The number of para-hydroxylation sites is 1. The van der Waals surface area contributed by atoms with Crippen molar-refractivity contribution in [2.75, 3.05) is 0 Å². The van der Waals surface area contributed by atoms with Crippen LogP contribution in [0.5, 0.6) is 5.75 Å². The molecule has 0 fully saturated rings. The normalized spacial score (nSPS) is 12.3. The van der Waals surface area contributed by atoms with Crippen LogP contribution in [0.15, 0.2) is 78.9 Å². The number of amides is 2. The van der Waals surface area contributed by atoms with Crippen LogP contribution in [-0.2, 0) is 22.7 Å². The van der Waals surface area contributed by atoms with Crippen LogP contribution in [0.1, 0.15) is 44.4 Å². The van der Waals surface area contributed by atoms with Gasteiger partial charge in [-0.3, -0.25) is 9.59 Å². The highest BCUT2D eigenvalue weighted by Crippen LogP contribution is 2.27. The summed E-state index contributed by atoms with van der Waals surface area (Å²) >= 11 is 0. The number of phenolic OH excluding ortho intramolecular Hbond substituents is 1. The largest absolute Gasteiger partial charge is 0.508 e. The van der Waals surface area contributed by atoms with Gasteiger partial charge in [-0.15, -0.1) is 5.10 Å². The molecule has 0 unspecified atom stereocenters. The molecule has 1 atom stereocenters. The molecule has 8 heteroatoms. The summed E-state index contributed by atoms with van der Waals surface area (Å²) < 4.78 is 1.55. The van der Waals surface area contributed by atoms with Crippen LogP contribution >= 0.6 is 0 Å². The Balaban J connectivity index is 1.75. The Kier molecular flexibility index (Phi) is 7.33. The van der Waals surface area contributed by atoms with Gasteiger partial charge in [0, 0.05) is 12.1 Å². The zero-order valence-corrected chi connectivity index (χ0v) is 20.8. The summed E-state index contributed by atoms with van der Waals surface area (Å²) in [6.07, 6.45) is 0.721. The smallest absolute Gasteiger partial charge is 0.247 e. The minimum Gasteiger partial charge on any atom is -0.508 e. The van der Waals surface area contributed by atoms with Crippen LogP contribution in [0, 0.1) is 0 Å². The number of aromatic hydroxyl groups is 1. The third-order valence-corrected chi connectivity index (χ3v) is 6.34. The first-order chi connectivity index (χ1) is 17.3. The van der Waals surface area contributed by atoms with Gasteiger partial charge in [-0.2, -0.15) is 0 Å². The molecule has 0 saturated carbocycles. The molecule has 8 nitrogen and oxygen atoms in total. The van der Waals surface area contributed by atoms with E-state index in [-0.39, 0.29) is 30.7 Å². The fourth-order valence-corrected chi connectivity index (χ4v) is 3.98. The first-order valence-electron chi connectivity index (χ1n) is 12.0. The van der Waals surface area contributed by atoms with E-state index in [1.807, 2.05) is 75.4 Å². The van der Waals surface area contributed by atoms with E-state index in [1.54, 1.807) is 21.7 Å². The van der Waals surface area contributed by atoms with Crippen molar-refractivity contribution in [3.8, 4) is 5.75 Å². The third kappa shape index (κ3) is 5.71. The molecule has 3 aromatic carbocycles. The van der Waals surface area contributed by atoms with Gasteiger partial charge in [-0.1, -0.05) is 66.7 Å². The highest BCUT2D eigenvalue weighted by atomic mass is 16.3. The van der Waals surface area contributed by atoms with Crippen LogP contribution < -0.4 is 5.32 Å². The number of hydrogen-bond donors (Lipinski definition) is 2. The number of nitrogens with one attached hydrogen (secondary N) is 1. The van der Waals surface area contributed by atoms with Crippen LogP contribution in [0.2, 0.25) is 0 Å². The molecule has 4 aromatic rings.